The van der Waals surface area contributed by atoms with Crippen LogP contribution in [0.2, 0.25) is 0 Å². The van der Waals surface area contributed by atoms with E-state index in [1.54, 1.807) is 22.0 Å². The van der Waals surface area contributed by atoms with Gasteiger partial charge in [-0.3, -0.25) is 0 Å². The maximum absolute atomic E-state index is 2.51. The number of benzene rings is 1. The molecule has 116 valence electrons. The van der Waals surface area contributed by atoms with Crippen molar-refractivity contribution in [1.29, 1.82) is 0 Å². The lowest BCUT2D eigenvalue weighted by molar-refractivity contribution is 0.813. The van der Waals surface area contributed by atoms with E-state index in [9.17, 15) is 0 Å². The second-order valence-electron chi connectivity index (χ2n) is 7.44. The first-order chi connectivity index (χ1) is 9.81. The van der Waals surface area contributed by atoms with Crippen molar-refractivity contribution in [2.75, 3.05) is 12.3 Å². The van der Waals surface area contributed by atoms with Crippen LogP contribution in [-0.2, 0) is 0 Å². The van der Waals surface area contributed by atoms with Gasteiger partial charge < -0.3 is 0 Å². The van der Waals surface area contributed by atoms with Crippen molar-refractivity contribution < 1.29 is 0 Å². The third-order valence-corrected chi connectivity index (χ3v) is 7.17. The number of rotatable bonds is 4. The van der Waals surface area contributed by atoms with Crippen molar-refractivity contribution in [3.63, 3.8) is 0 Å². The summed E-state index contributed by atoms with van der Waals surface area (Å²) in [6.07, 6.45) is 5.08. The SMILES string of the molecule is CC1=CCP(c2c(C(C)C)cc(C(C)C)cc2C(C)C)C1. The largest absolute Gasteiger partial charge is 0.0806 e. The van der Waals surface area contributed by atoms with Gasteiger partial charge in [-0.15, -0.1) is 0 Å². The Morgan fingerprint density at radius 3 is 1.71 bits per heavy atom. The fraction of sp³-hybridized carbons (Fsp3) is 0.600. The van der Waals surface area contributed by atoms with Crippen molar-refractivity contribution in [2.24, 2.45) is 0 Å². The van der Waals surface area contributed by atoms with Crippen LogP contribution in [0.5, 0.6) is 0 Å². The Morgan fingerprint density at radius 1 is 0.857 bits per heavy atom. The Kier molecular flexibility index (Phi) is 5.31. The summed E-state index contributed by atoms with van der Waals surface area (Å²) in [6, 6.07) is 5.01. The molecule has 1 unspecified atom stereocenters. The van der Waals surface area contributed by atoms with E-state index in [0.29, 0.717) is 17.8 Å². The molecule has 0 saturated heterocycles. The molecule has 2 rings (SSSR count). The van der Waals surface area contributed by atoms with Crippen LogP contribution in [0, 0.1) is 0 Å². The van der Waals surface area contributed by atoms with Gasteiger partial charge in [-0.2, -0.15) is 0 Å². The Labute approximate surface area is 132 Å². The number of hydrogen-bond acceptors (Lipinski definition) is 0. The molecule has 0 bridgehead atoms. The Hall–Kier alpha value is -0.610. The summed E-state index contributed by atoms with van der Waals surface area (Å²) in [5, 5.41) is 1.73. The lowest BCUT2D eigenvalue weighted by Gasteiger charge is -2.27. The average molecular weight is 302 g/mol. The molecule has 0 radical (unpaired) electrons. The molecule has 21 heavy (non-hydrogen) atoms. The lowest BCUT2D eigenvalue weighted by Crippen LogP contribution is -2.19. The first kappa shape index (κ1) is 16.8. The van der Waals surface area contributed by atoms with Crippen LogP contribution in [0.1, 0.15) is 82.9 Å². The molecular weight excluding hydrogens is 271 g/mol. The van der Waals surface area contributed by atoms with Crippen LogP contribution in [0.25, 0.3) is 0 Å². The molecule has 0 amide bonds. The molecule has 0 aromatic heterocycles. The van der Waals surface area contributed by atoms with Crippen molar-refractivity contribution in [1.82, 2.24) is 0 Å². The van der Waals surface area contributed by atoms with E-state index >= 15 is 0 Å². The number of hydrogen-bond donors (Lipinski definition) is 0. The van der Waals surface area contributed by atoms with Gasteiger partial charge >= 0.3 is 0 Å². The highest BCUT2D eigenvalue weighted by Crippen LogP contribution is 2.46. The van der Waals surface area contributed by atoms with Crippen LogP contribution in [0.4, 0.5) is 0 Å². The highest BCUT2D eigenvalue weighted by Gasteiger charge is 2.25. The predicted molar refractivity (Wildman–Crippen MR) is 98.8 cm³/mol. The molecule has 0 saturated carbocycles. The normalized spacial score (nSPS) is 19.0. The molecule has 1 heteroatoms. The molecule has 1 aromatic carbocycles. The Morgan fingerprint density at radius 2 is 1.38 bits per heavy atom. The molecule has 0 aliphatic carbocycles. The van der Waals surface area contributed by atoms with Gasteiger partial charge in [-0.25, -0.2) is 0 Å². The van der Waals surface area contributed by atoms with E-state index < -0.39 is 0 Å². The topological polar surface area (TPSA) is 0 Å². The molecule has 1 aliphatic rings. The fourth-order valence-corrected chi connectivity index (χ4v) is 6.26. The highest BCUT2D eigenvalue weighted by molar-refractivity contribution is 7.66. The zero-order chi connectivity index (χ0) is 15.7. The van der Waals surface area contributed by atoms with E-state index in [4.69, 9.17) is 0 Å². The minimum Gasteiger partial charge on any atom is -0.0806 e. The zero-order valence-corrected chi connectivity index (χ0v) is 15.7. The lowest BCUT2D eigenvalue weighted by atomic mass is 9.89. The summed E-state index contributed by atoms with van der Waals surface area (Å²) in [4.78, 5) is 0. The van der Waals surface area contributed by atoms with E-state index in [2.05, 4.69) is 66.7 Å². The summed E-state index contributed by atoms with van der Waals surface area (Å²) in [5.41, 5.74) is 6.36. The predicted octanol–water partition coefficient (Wildman–Crippen LogP) is 6.12. The Balaban J connectivity index is 2.59. The van der Waals surface area contributed by atoms with Crippen LogP contribution < -0.4 is 5.30 Å². The highest BCUT2D eigenvalue weighted by atomic mass is 31.1. The van der Waals surface area contributed by atoms with Gasteiger partial charge in [-0.1, -0.05) is 73.2 Å². The van der Waals surface area contributed by atoms with E-state index in [-0.39, 0.29) is 7.92 Å². The van der Waals surface area contributed by atoms with E-state index in [1.165, 1.54) is 17.9 Å². The zero-order valence-electron chi connectivity index (χ0n) is 14.8. The maximum atomic E-state index is 2.51. The smallest absolute Gasteiger partial charge is 0.00738 e. The fourth-order valence-electron chi connectivity index (χ4n) is 3.15. The van der Waals surface area contributed by atoms with Crippen LogP contribution >= 0.6 is 7.92 Å². The summed E-state index contributed by atoms with van der Waals surface area (Å²) < 4.78 is 0. The van der Waals surface area contributed by atoms with Crippen LogP contribution in [-0.4, -0.2) is 12.3 Å². The molecule has 1 aromatic rings. The summed E-state index contributed by atoms with van der Waals surface area (Å²) in [6.45, 7) is 16.4. The quantitative estimate of drug-likeness (QED) is 0.464. The number of allylic oxidation sites excluding steroid dienone is 2. The monoisotopic (exact) mass is 302 g/mol. The summed E-state index contributed by atoms with van der Waals surface area (Å²) in [7, 11) is -0.0103. The van der Waals surface area contributed by atoms with Crippen LogP contribution in [0.15, 0.2) is 23.8 Å². The molecule has 0 N–H and O–H groups in total. The first-order valence-electron chi connectivity index (χ1n) is 8.39. The molecular formula is C20H31P. The van der Waals surface area contributed by atoms with Crippen molar-refractivity contribution in [3.8, 4) is 0 Å². The summed E-state index contributed by atoms with van der Waals surface area (Å²) in [5.74, 6) is 1.87. The maximum Gasteiger partial charge on any atom is -0.00738 e. The molecule has 1 heterocycles. The van der Waals surface area contributed by atoms with Crippen LogP contribution in [0.3, 0.4) is 0 Å². The van der Waals surface area contributed by atoms with E-state index in [1.807, 2.05) is 0 Å². The third-order valence-electron chi connectivity index (χ3n) is 4.52. The third kappa shape index (κ3) is 3.59. The first-order valence-corrected chi connectivity index (χ1v) is 10.1. The molecule has 0 nitrogen and oxygen atoms in total. The van der Waals surface area contributed by atoms with Crippen molar-refractivity contribution in [3.05, 3.63) is 40.5 Å². The van der Waals surface area contributed by atoms with Gasteiger partial charge in [0.05, 0.1) is 0 Å². The van der Waals surface area contributed by atoms with Gasteiger partial charge in [0.1, 0.15) is 0 Å². The van der Waals surface area contributed by atoms with E-state index in [0.717, 1.165) is 0 Å². The molecule has 0 fully saturated rings. The standard InChI is InChI=1S/C20H31P/c1-13(2)17-10-18(14(3)4)20(19(11-17)15(5)6)21-9-8-16(7)12-21/h8,10-11,13-15H,9,12H2,1-7H3. The molecule has 1 atom stereocenters. The molecule has 1 aliphatic heterocycles. The van der Waals surface area contributed by atoms with Gasteiger partial charge in [0.15, 0.2) is 0 Å². The minimum absolute atomic E-state index is 0.0103. The van der Waals surface area contributed by atoms with Gasteiger partial charge in [0.25, 0.3) is 0 Å². The second-order valence-corrected chi connectivity index (χ2v) is 9.65. The molecule has 0 spiro atoms. The van der Waals surface area contributed by atoms with Crippen molar-refractivity contribution >= 4 is 13.2 Å². The Bertz CT molecular complexity index is 506. The minimum atomic E-state index is -0.0103. The van der Waals surface area contributed by atoms with Crippen molar-refractivity contribution in [2.45, 2.75) is 66.2 Å². The van der Waals surface area contributed by atoms with Gasteiger partial charge in [0.2, 0.25) is 0 Å². The second kappa shape index (κ2) is 6.66. The summed E-state index contributed by atoms with van der Waals surface area (Å²) >= 11 is 0. The van der Waals surface area contributed by atoms with Gasteiger partial charge in [-0.05, 0) is 59.0 Å². The van der Waals surface area contributed by atoms with Gasteiger partial charge in [0, 0.05) is 0 Å². The average Bonchev–Trinajstić information content (AvgIpc) is 2.83.